The average molecular weight is 369 g/mol. The summed E-state index contributed by atoms with van der Waals surface area (Å²) in [7, 11) is 1.62. The van der Waals surface area contributed by atoms with Crippen LogP contribution in [0.3, 0.4) is 0 Å². The van der Waals surface area contributed by atoms with E-state index in [0.29, 0.717) is 24.7 Å². The smallest absolute Gasteiger partial charge is 0.342 e. The van der Waals surface area contributed by atoms with Crippen molar-refractivity contribution in [3.05, 3.63) is 53.5 Å². The van der Waals surface area contributed by atoms with Crippen molar-refractivity contribution in [2.75, 3.05) is 13.7 Å². The third-order valence-corrected chi connectivity index (χ3v) is 4.52. The van der Waals surface area contributed by atoms with Gasteiger partial charge in [-0.1, -0.05) is 12.1 Å². The summed E-state index contributed by atoms with van der Waals surface area (Å²) >= 11 is 0. The van der Waals surface area contributed by atoms with Crippen LogP contribution in [0.2, 0.25) is 0 Å². The summed E-state index contributed by atoms with van der Waals surface area (Å²) in [5.74, 6) is -0.146. The number of carbonyl (C=O) groups excluding carboxylic acids is 1. The summed E-state index contributed by atoms with van der Waals surface area (Å²) in [5.41, 5.74) is 0.796. The lowest BCUT2D eigenvalue weighted by molar-refractivity contribution is -0.138. The van der Waals surface area contributed by atoms with E-state index < -0.39 is 11.9 Å². The number of nitrogens with zero attached hydrogens (tertiary/aromatic N) is 3. The van der Waals surface area contributed by atoms with Crippen LogP contribution >= 0.6 is 0 Å². The zero-order chi connectivity index (χ0) is 19.4. The number of rotatable bonds is 7. The molecule has 0 atom stereocenters. The zero-order valence-electron chi connectivity index (χ0n) is 15.5. The number of hydrazone groups is 1. The molecule has 1 aliphatic heterocycles. The zero-order valence-corrected chi connectivity index (χ0v) is 15.5. The van der Waals surface area contributed by atoms with Gasteiger partial charge in [-0.25, -0.2) is 4.79 Å². The minimum atomic E-state index is -1.25. The fourth-order valence-corrected chi connectivity index (χ4v) is 2.79. The number of hydrogen-bond acceptors (Lipinski definition) is 5. The van der Waals surface area contributed by atoms with Crippen molar-refractivity contribution in [1.29, 1.82) is 0 Å². The summed E-state index contributed by atoms with van der Waals surface area (Å²) in [6.07, 6.45) is 7.68. The molecule has 3 rings (SSSR count). The van der Waals surface area contributed by atoms with Gasteiger partial charge in [-0.05, 0) is 55.9 Å². The van der Waals surface area contributed by atoms with Gasteiger partial charge in [-0.2, -0.15) is 10.1 Å². The SMILES string of the molecule is C/C=C1/N(CCc2ccc(OC)cc2)C=C(C(=O)O)C(=O)N1/N=C/C1CC1. The first kappa shape index (κ1) is 18.7. The van der Waals surface area contributed by atoms with Gasteiger partial charge < -0.3 is 14.7 Å². The lowest BCUT2D eigenvalue weighted by atomic mass is 10.1. The fraction of sp³-hybridized carbons (Fsp3) is 0.350. The van der Waals surface area contributed by atoms with Crippen LogP contribution in [0.5, 0.6) is 5.75 Å². The van der Waals surface area contributed by atoms with Gasteiger partial charge in [0.2, 0.25) is 0 Å². The number of carboxylic acids is 1. The van der Waals surface area contributed by atoms with E-state index in [1.807, 2.05) is 31.2 Å². The number of methoxy groups -OCH3 is 1. The summed E-state index contributed by atoms with van der Waals surface area (Å²) in [6, 6.07) is 7.70. The van der Waals surface area contributed by atoms with Gasteiger partial charge in [0.05, 0.1) is 7.11 Å². The molecule has 0 aromatic heterocycles. The van der Waals surface area contributed by atoms with Gasteiger partial charge in [0.25, 0.3) is 5.91 Å². The topological polar surface area (TPSA) is 82.4 Å². The molecule has 0 spiro atoms. The van der Waals surface area contributed by atoms with Crippen LogP contribution in [-0.4, -0.2) is 46.8 Å². The van der Waals surface area contributed by atoms with E-state index in [4.69, 9.17) is 4.74 Å². The van der Waals surface area contributed by atoms with E-state index in [1.54, 1.807) is 24.3 Å². The highest BCUT2D eigenvalue weighted by Gasteiger charge is 2.34. The van der Waals surface area contributed by atoms with E-state index in [1.165, 1.54) is 11.2 Å². The summed E-state index contributed by atoms with van der Waals surface area (Å²) in [4.78, 5) is 25.8. The molecule has 2 aliphatic rings. The number of aliphatic carboxylic acids is 1. The first-order valence-corrected chi connectivity index (χ1v) is 8.93. The highest BCUT2D eigenvalue weighted by Crippen LogP contribution is 2.28. The highest BCUT2D eigenvalue weighted by atomic mass is 16.5. The van der Waals surface area contributed by atoms with Crippen LogP contribution in [0.1, 0.15) is 25.3 Å². The van der Waals surface area contributed by atoms with Gasteiger partial charge in [0.1, 0.15) is 17.1 Å². The second-order valence-electron chi connectivity index (χ2n) is 6.51. The molecule has 7 nitrogen and oxygen atoms in total. The Morgan fingerprint density at radius 1 is 1.33 bits per heavy atom. The monoisotopic (exact) mass is 369 g/mol. The van der Waals surface area contributed by atoms with E-state index in [0.717, 1.165) is 24.2 Å². The van der Waals surface area contributed by atoms with Gasteiger partial charge in [0, 0.05) is 19.0 Å². The van der Waals surface area contributed by atoms with Crippen LogP contribution in [-0.2, 0) is 16.0 Å². The number of amides is 1. The largest absolute Gasteiger partial charge is 0.497 e. The maximum atomic E-state index is 12.5. The molecule has 1 heterocycles. The van der Waals surface area contributed by atoms with Gasteiger partial charge in [0.15, 0.2) is 0 Å². The van der Waals surface area contributed by atoms with Crippen molar-refractivity contribution in [3.8, 4) is 5.75 Å². The lowest BCUT2D eigenvalue weighted by Gasteiger charge is -2.33. The number of ether oxygens (including phenoxy) is 1. The van der Waals surface area contributed by atoms with Crippen molar-refractivity contribution in [1.82, 2.24) is 9.91 Å². The summed E-state index contributed by atoms with van der Waals surface area (Å²) < 4.78 is 5.16. The highest BCUT2D eigenvalue weighted by molar-refractivity contribution is 6.16. The Morgan fingerprint density at radius 2 is 2.04 bits per heavy atom. The number of allylic oxidation sites excluding steroid dienone is 1. The Bertz CT molecular complexity index is 807. The summed E-state index contributed by atoms with van der Waals surface area (Å²) in [6.45, 7) is 2.33. The van der Waals surface area contributed by atoms with E-state index >= 15 is 0 Å². The molecule has 1 fully saturated rings. The quantitative estimate of drug-likeness (QED) is 0.590. The van der Waals surface area contributed by atoms with Crippen LogP contribution in [0, 0.1) is 5.92 Å². The molecule has 142 valence electrons. The van der Waals surface area contributed by atoms with E-state index in [2.05, 4.69) is 5.10 Å². The molecule has 1 aromatic rings. The normalized spacial score (nSPS) is 19.0. The predicted octanol–water partition coefficient (Wildman–Crippen LogP) is 2.61. The molecule has 1 aliphatic carbocycles. The number of carboxylic acid groups (broad SMARTS) is 1. The second kappa shape index (κ2) is 8.07. The molecule has 1 saturated carbocycles. The maximum absolute atomic E-state index is 12.5. The van der Waals surface area contributed by atoms with E-state index in [9.17, 15) is 14.7 Å². The van der Waals surface area contributed by atoms with Crippen LogP contribution in [0.15, 0.2) is 53.0 Å². The third kappa shape index (κ3) is 4.36. The van der Waals surface area contributed by atoms with Crippen molar-refractivity contribution >= 4 is 18.1 Å². The van der Waals surface area contributed by atoms with Crippen molar-refractivity contribution < 1.29 is 19.4 Å². The molecular formula is C20H23N3O4. The fourth-order valence-electron chi connectivity index (χ4n) is 2.79. The van der Waals surface area contributed by atoms with Crippen LogP contribution in [0.4, 0.5) is 0 Å². The molecule has 7 heteroatoms. The van der Waals surface area contributed by atoms with Crippen LogP contribution < -0.4 is 4.74 Å². The van der Waals surface area contributed by atoms with E-state index in [-0.39, 0.29) is 5.57 Å². The molecular weight excluding hydrogens is 346 g/mol. The first-order valence-electron chi connectivity index (χ1n) is 8.93. The minimum Gasteiger partial charge on any atom is -0.497 e. The average Bonchev–Trinajstić information content (AvgIpc) is 3.50. The standard InChI is InChI=1S/C20H23N3O4/c1-3-18-22(11-10-14-6-8-16(27-2)9-7-14)13-17(20(25)26)19(24)23(18)21-12-15-4-5-15/h3,6-9,12-13,15H,4-5,10-11H2,1-2H3,(H,25,26)/b18-3-,21-12+. The Morgan fingerprint density at radius 3 is 2.59 bits per heavy atom. The Labute approximate surface area is 158 Å². The Hall–Kier alpha value is -3.09. The minimum absolute atomic E-state index is 0.289. The number of benzene rings is 1. The van der Waals surface area contributed by atoms with Gasteiger partial charge in [-0.3, -0.25) is 4.79 Å². The van der Waals surface area contributed by atoms with Crippen LogP contribution in [0.25, 0.3) is 0 Å². The predicted molar refractivity (Wildman–Crippen MR) is 101 cm³/mol. The lowest BCUT2D eigenvalue weighted by Crippen LogP contribution is -2.42. The molecule has 27 heavy (non-hydrogen) atoms. The van der Waals surface area contributed by atoms with Gasteiger partial charge >= 0.3 is 5.97 Å². The third-order valence-electron chi connectivity index (χ3n) is 4.52. The first-order chi connectivity index (χ1) is 13.0. The molecule has 0 bridgehead atoms. The van der Waals surface area contributed by atoms with Crippen molar-refractivity contribution in [2.45, 2.75) is 26.2 Å². The molecule has 1 amide bonds. The molecule has 0 unspecified atom stereocenters. The number of carbonyl (C=O) groups is 2. The van der Waals surface area contributed by atoms with Gasteiger partial charge in [-0.15, -0.1) is 0 Å². The molecule has 0 radical (unpaired) electrons. The number of hydrogen-bond donors (Lipinski definition) is 1. The maximum Gasteiger partial charge on any atom is 0.342 e. The molecule has 0 saturated heterocycles. The Balaban J connectivity index is 1.81. The summed E-state index contributed by atoms with van der Waals surface area (Å²) in [5, 5.41) is 14.9. The van der Waals surface area contributed by atoms with Crippen molar-refractivity contribution in [3.63, 3.8) is 0 Å². The molecule has 1 N–H and O–H groups in total. The second-order valence-corrected chi connectivity index (χ2v) is 6.51. The molecule has 1 aromatic carbocycles. The van der Waals surface area contributed by atoms with Crippen molar-refractivity contribution in [2.24, 2.45) is 11.0 Å². The Kier molecular flexibility index (Phi) is 5.59.